The summed E-state index contributed by atoms with van der Waals surface area (Å²) in [6.45, 7) is 0.448. The number of nitrogens with zero attached hydrogens (tertiary/aromatic N) is 3. The van der Waals surface area contributed by atoms with Gasteiger partial charge in [-0.05, 0) is 25.0 Å². The van der Waals surface area contributed by atoms with Gasteiger partial charge < -0.3 is 40.3 Å². The standard InChI is InChI=1S/C31H39N5O12/c1-3-47-25(37)23(19-21-11-7-5-8-12-21)32-27(39)35(30(43)44)17-15-34(29(41)42)16-18-36(31(45)46)28(40)33-24(26(38)48-4-2)20-22-13-9-6-10-14-22/h5-14,23-24H,3-4,15-20H2,1-2H3,(H,32,39)(H,33,40)(H,41,42)(H,43,44)(H,45,46). The molecule has 2 rings (SSSR count). The molecule has 260 valence electrons. The number of benzene rings is 2. The Labute approximate surface area is 276 Å². The van der Waals surface area contributed by atoms with Crippen molar-refractivity contribution in [2.75, 3.05) is 39.4 Å². The fourth-order valence-electron chi connectivity index (χ4n) is 4.34. The minimum absolute atomic E-state index is 0.00188. The fraction of sp³-hybridized carbons (Fsp3) is 0.387. The number of nitrogens with one attached hydrogen (secondary N) is 2. The van der Waals surface area contributed by atoms with Crippen molar-refractivity contribution < 1.29 is 58.4 Å². The van der Waals surface area contributed by atoms with E-state index in [0.29, 0.717) is 16.0 Å². The highest BCUT2D eigenvalue weighted by molar-refractivity contribution is 5.93. The van der Waals surface area contributed by atoms with Crippen LogP contribution in [0, 0.1) is 0 Å². The van der Waals surface area contributed by atoms with E-state index in [1.165, 1.54) is 0 Å². The van der Waals surface area contributed by atoms with Crippen LogP contribution >= 0.6 is 0 Å². The Kier molecular flexibility index (Phi) is 15.6. The third kappa shape index (κ3) is 12.5. The van der Waals surface area contributed by atoms with E-state index in [1.54, 1.807) is 74.5 Å². The second-order valence-electron chi connectivity index (χ2n) is 10.0. The smallest absolute Gasteiger partial charge is 0.415 e. The van der Waals surface area contributed by atoms with Gasteiger partial charge in [0.1, 0.15) is 12.1 Å². The molecule has 0 aliphatic carbocycles. The first-order valence-corrected chi connectivity index (χ1v) is 14.9. The highest BCUT2D eigenvalue weighted by Gasteiger charge is 2.31. The number of imide groups is 2. The molecule has 5 N–H and O–H groups in total. The SMILES string of the molecule is CCOC(=O)C(Cc1ccccc1)NC(=O)N(CCN(CCN(C(=O)O)C(=O)NC(Cc1ccccc1)C(=O)OCC)C(=O)O)C(=O)O. The van der Waals surface area contributed by atoms with Crippen LogP contribution in [0.25, 0.3) is 0 Å². The molecule has 0 spiro atoms. The Balaban J connectivity index is 2.11. The summed E-state index contributed by atoms with van der Waals surface area (Å²) >= 11 is 0. The lowest BCUT2D eigenvalue weighted by Gasteiger charge is -2.27. The minimum Gasteiger partial charge on any atom is -0.465 e. The van der Waals surface area contributed by atoms with Crippen molar-refractivity contribution >= 4 is 42.3 Å². The Bertz CT molecular complexity index is 1310. The Hall–Kier alpha value is -5.87. The van der Waals surface area contributed by atoms with Gasteiger partial charge in [-0.3, -0.25) is 0 Å². The molecule has 0 heterocycles. The van der Waals surface area contributed by atoms with Crippen molar-refractivity contribution in [1.29, 1.82) is 0 Å². The van der Waals surface area contributed by atoms with Crippen molar-refractivity contribution in [3.8, 4) is 0 Å². The number of carbonyl (C=O) groups is 7. The van der Waals surface area contributed by atoms with Crippen LogP contribution in [-0.4, -0.2) is 124 Å². The second-order valence-corrected chi connectivity index (χ2v) is 10.0. The molecule has 0 aromatic heterocycles. The van der Waals surface area contributed by atoms with Gasteiger partial charge in [-0.15, -0.1) is 0 Å². The molecule has 2 atom stereocenters. The number of hydrogen-bond acceptors (Lipinski definition) is 9. The van der Waals surface area contributed by atoms with E-state index in [0.717, 1.165) is 0 Å². The molecule has 7 amide bonds. The van der Waals surface area contributed by atoms with Crippen LogP contribution in [0.2, 0.25) is 0 Å². The number of carbonyl (C=O) groups excluding carboxylic acids is 4. The van der Waals surface area contributed by atoms with Crippen molar-refractivity contribution in [2.24, 2.45) is 0 Å². The number of rotatable bonds is 16. The molecule has 0 fully saturated rings. The predicted octanol–water partition coefficient (Wildman–Crippen LogP) is 2.69. The molecule has 17 heteroatoms. The third-order valence-electron chi connectivity index (χ3n) is 6.71. The van der Waals surface area contributed by atoms with E-state index < -0.39 is 80.5 Å². The molecule has 0 saturated carbocycles. The van der Waals surface area contributed by atoms with Crippen LogP contribution in [0.1, 0.15) is 25.0 Å². The molecule has 0 radical (unpaired) electrons. The first-order chi connectivity index (χ1) is 22.9. The summed E-state index contributed by atoms with van der Waals surface area (Å²) in [6.07, 6.45) is -5.15. The number of hydrogen-bond donors (Lipinski definition) is 5. The van der Waals surface area contributed by atoms with E-state index in [1.807, 2.05) is 0 Å². The van der Waals surface area contributed by atoms with Gasteiger partial charge in [0.05, 0.1) is 26.3 Å². The van der Waals surface area contributed by atoms with Crippen LogP contribution in [0.4, 0.5) is 24.0 Å². The van der Waals surface area contributed by atoms with Gasteiger partial charge >= 0.3 is 42.3 Å². The Morgan fingerprint density at radius 1 is 0.583 bits per heavy atom. The molecular formula is C31H39N5O12. The summed E-state index contributed by atoms with van der Waals surface area (Å²) in [7, 11) is 0. The largest absolute Gasteiger partial charge is 0.465 e. The van der Waals surface area contributed by atoms with Gasteiger partial charge in [-0.1, -0.05) is 60.7 Å². The molecule has 48 heavy (non-hydrogen) atoms. The Morgan fingerprint density at radius 2 is 0.938 bits per heavy atom. The fourth-order valence-corrected chi connectivity index (χ4v) is 4.34. The van der Waals surface area contributed by atoms with Gasteiger partial charge in [0.25, 0.3) is 0 Å². The quantitative estimate of drug-likeness (QED) is 0.162. The average Bonchev–Trinajstić information content (AvgIpc) is 3.04. The van der Waals surface area contributed by atoms with Crippen LogP contribution in [0.5, 0.6) is 0 Å². The zero-order valence-corrected chi connectivity index (χ0v) is 26.4. The van der Waals surface area contributed by atoms with Crippen LogP contribution in [0.15, 0.2) is 60.7 Å². The first kappa shape index (κ1) is 38.3. The topological polar surface area (TPSA) is 232 Å². The van der Waals surface area contributed by atoms with Crippen LogP contribution in [-0.2, 0) is 31.9 Å². The van der Waals surface area contributed by atoms with E-state index >= 15 is 0 Å². The number of amides is 7. The highest BCUT2D eigenvalue weighted by atomic mass is 16.5. The summed E-state index contributed by atoms with van der Waals surface area (Å²) in [5.74, 6) is -1.62. The predicted molar refractivity (Wildman–Crippen MR) is 167 cm³/mol. The van der Waals surface area contributed by atoms with Crippen LogP contribution < -0.4 is 10.6 Å². The second kappa shape index (κ2) is 19.6. The average molecular weight is 674 g/mol. The molecule has 0 aliphatic rings. The van der Waals surface area contributed by atoms with Crippen molar-refractivity contribution in [3.63, 3.8) is 0 Å². The van der Waals surface area contributed by atoms with Gasteiger partial charge in [0.2, 0.25) is 0 Å². The summed E-state index contributed by atoms with van der Waals surface area (Å²) in [4.78, 5) is 87.9. The molecule has 0 bridgehead atoms. The lowest BCUT2D eigenvalue weighted by molar-refractivity contribution is -0.146. The van der Waals surface area contributed by atoms with Gasteiger partial charge in [-0.2, -0.15) is 0 Å². The van der Waals surface area contributed by atoms with E-state index in [9.17, 15) is 48.9 Å². The highest BCUT2D eigenvalue weighted by Crippen LogP contribution is 2.08. The minimum atomic E-state index is -1.75. The molecule has 17 nitrogen and oxygen atoms in total. The number of ether oxygens (including phenoxy) is 2. The van der Waals surface area contributed by atoms with E-state index in [2.05, 4.69) is 10.6 Å². The van der Waals surface area contributed by atoms with Gasteiger partial charge in [0, 0.05) is 25.9 Å². The van der Waals surface area contributed by atoms with Crippen molar-refractivity contribution in [3.05, 3.63) is 71.8 Å². The number of carboxylic acid groups (broad SMARTS) is 3. The maximum atomic E-state index is 12.9. The summed E-state index contributed by atoms with van der Waals surface area (Å²) in [6, 6.07) is 12.1. The zero-order valence-electron chi connectivity index (χ0n) is 26.4. The summed E-state index contributed by atoms with van der Waals surface area (Å²) in [5, 5.41) is 33.7. The molecule has 0 aliphatic heterocycles. The molecule has 2 aromatic rings. The zero-order chi connectivity index (χ0) is 35.6. The first-order valence-electron chi connectivity index (χ1n) is 14.9. The molecule has 2 unspecified atom stereocenters. The summed E-state index contributed by atoms with van der Waals surface area (Å²) in [5.41, 5.74) is 1.30. The number of urea groups is 2. The maximum absolute atomic E-state index is 12.9. The number of esters is 2. The molecule has 2 aromatic carbocycles. The van der Waals surface area contributed by atoms with E-state index in [-0.39, 0.29) is 35.9 Å². The lowest BCUT2D eigenvalue weighted by Crippen LogP contribution is -2.54. The molecular weight excluding hydrogens is 634 g/mol. The van der Waals surface area contributed by atoms with Crippen molar-refractivity contribution in [2.45, 2.75) is 38.8 Å². The normalized spacial score (nSPS) is 11.6. The van der Waals surface area contributed by atoms with Gasteiger partial charge in [0.15, 0.2) is 0 Å². The lowest BCUT2D eigenvalue weighted by atomic mass is 10.1. The molecule has 0 saturated heterocycles. The maximum Gasteiger partial charge on any atom is 0.415 e. The van der Waals surface area contributed by atoms with E-state index in [4.69, 9.17) is 9.47 Å². The third-order valence-corrected chi connectivity index (χ3v) is 6.71. The van der Waals surface area contributed by atoms with Crippen molar-refractivity contribution in [1.82, 2.24) is 25.3 Å². The Morgan fingerprint density at radius 3 is 1.23 bits per heavy atom. The van der Waals surface area contributed by atoms with Crippen LogP contribution in [0.3, 0.4) is 0 Å². The summed E-state index contributed by atoms with van der Waals surface area (Å²) < 4.78 is 10.0. The van der Waals surface area contributed by atoms with Gasteiger partial charge in [-0.25, -0.2) is 43.4 Å². The monoisotopic (exact) mass is 673 g/mol.